The van der Waals surface area contributed by atoms with Crippen LogP contribution in [0.15, 0.2) is 42.5 Å². The Hall–Kier alpha value is -1.08. The quantitative estimate of drug-likeness (QED) is 0.726. The van der Waals surface area contributed by atoms with Gasteiger partial charge in [-0.25, -0.2) is 0 Å². The molecule has 0 amide bonds. The second-order valence-electron chi connectivity index (χ2n) is 4.01. The summed E-state index contributed by atoms with van der Waals surface area (Å²) in [7, 11) is 0. The van der Waals surface area contributed by atoms with Crippen LogP contribution in [0.5, 0.6) is 0 Å². The summed E-state index contributed by atoms with van der Waals surface area (Å²) < 4.78 is 0. The molecule has 1 aromatic rings. The van der Waals surface area contributed by atoms with E-state index in [-0.39, 0.29) is 6.04 Å². The number of hydrogen-bond acceptors (Lipinski definition) is 1. The summed E-state index contributed by atoms with van der Waals surface area (Å²) in [5, 5.41) is 0. The highest BCUT2D eigenvalue weighted by Crippen LogP contribution is 2.20. The number of unbranched alkanes of at least 4 members (excludes halogenated alkanes) is 1. The summed E-state index contributed by atoms with van der Waals surface area (Å²) in [6.45, 7) is 4.36. The van der Waals surface area contributed by atoms with Crippen LogP contribution in [0.1, 0.15) is 38.3 Å². The van der Waals surface area contributed by atoms with Gasteiger partial charge in [-0.05, 0) is 17.9 Å². The first kappa shape index (κ1) is 12.0. The van der Waals surface area contributed by atoms with Gasteiger partial charge in [0.2, 0.25) is 0 Å². The Morgan fingerprint density at radius 3 is 2.53 bits per heavy atom. The SMILES string of the molecule is CCC/C=C\[C@H](C)[C@H](N)c1ccccc1. The van der Waals surface area contributed by atoms with Crippen molar-refractivity contribution >= 4 is 0 Å². The Balaban J connectivity index is 2.57. The minimum atomic E-state index is 0.110. The van der Waals surface area contributed by atoms with E-state index in [2.05, 4.69) is 38.1 Å². The monoisotopic (exact) mass is 203 g/mol. The largest absolute Gasteiger partial charge is 0.323 e. The predicted octanol–water partition coefficient (Wildman–Crippen LogP) is 3.68. The van der Waals surface area contributed by atoms with E-state index in [1.54, 1.807) is 0 Å². The van der Waals surface area contributed by atoms with Gasteiger partial charge in [-0.15, -0.1) is 0 Å². The number of rotatable bonds is 5. The van der Waals surface area contributed by atoms with Gasteiger partial charge in [0.1, 0.15) is 0 Å². The van der Waals surface area contributed by atoms with Crippen LogP contribution < -0.4 is 5.73 Å². The van der Waals surface area contributed by atoms with Crippen molar-refractivity contribution in [3.63, 3.8) is 0 Å². The van der Waals surface area contributed by atoms with Crippen LogP contribution in [0.4, 0.5) is 0 Å². The van der Waals surface area contributed by atoms with Gasteiger partial charge in [0, 0.05) is 6.04 Å². The van der Waals surface area contributed by atoms with Gasteiger partial charge in [0.15, 0.2) is 0 Å². The Morgan fingerprint density at radius 1 is 1.27 bits per heavy atom. The predicted molar refractivity (Wildman–Crippen MR) is 66.6 cm³/mol. The average Bonchev–Trinajstić information content (AvgIpc) is 2.29. The lowest BCUT2D eigenvalue weighted by Crippen LogP contribution is -2.17. The minimum Gasteiger partial charge on any atom is -0.323 e. The van der Waals surface area contributed by atoms with Crippen molar-refractivity contribution in [1.29, 1.82) is 0 Å². The Bertz CT molecular complexity index is 289. The molecule has 0 saturated heterocycles. The fourth-order valence-corrected chi connectivity index (χ4v) is 1.58. The molecule has 0 unspecified atom stereocenters. The van der Waals surface area contributed by atoms with Crippen LogP contribution in [0.3, 0.4) is 0 Å². The van der Waals surface area contributed by atoms with Gasteiger partial charge < -0.3 is 5.73 Å². The smallest absolute Gasteiger partial charge is 0.0355 e. The zero-order valence-electron chi connectivity index (χ0n) is 9.69. The molecule has 0 saturated carbocycles. The molecular weight excluding hydrogens is 182 g/mol. The summed E-state index contributed by atoms with van der Waals surface area (Å²) >= 11 is 0. The Morgan fingerprint density at radius 2 is 1.93 bits per heavy atom. The summed E-state index contributed by atoms with van der Waals surface area (Å²) in [5.74, 6) is 0.402. The van der Waals surface area contributed by atoms with Crippen LogP contribution in [-0.2, 0) is 0 Å². The number of allylic oxidation sites excluding steroid dienone is 1. The molecule has 15 heavy (non-hydrogen) atoms. The van der Waals surface area contributed by atoms with Crippen molar-refractivity contribution in [1.82, 2.24) is 0 Å². The highest BCUT2D eigenvalue weighted by Gasteiger charge is 2.10. The molecule has 2 N–H and O–H groups in total. The van der Waals surface area contributed by atoms with E-state index < -0.39 is 0 Å². The van der Waals surface area contributed by atoms with Crippen LogP contribution >= 0.6 is 0 Å². The van der Waals surface area contributed by atoms with Crippen LogP contribution in [0.25, 0.3) is 0 Å². The topological polar surface area (TPSA) is 26.0 Å². The fourth-order valence-electron chi connectivity index (χ4n) is 1.58. The molecule has 1 nitrogen and oxygen atoms in total. The molecule has 0 bridgehead atoms. The first-order valence-corrected chi connectivity index (χ1v) is 5.73. The second kappa shape index (κ2) is 6.41. The van der Waals surface area contributed by atoms with E-state index in [1.807, 2.05) is 18.2 Å². The summed E-state index contributed by atoms with van der Waals surface area (Å²) in [6.07, 6.45) is 6.80. The normalized spacial score (nSPS) is 15.4. The lowest BCUT2D eigenvalue weighted by molar-refractivity contribution is 0.565. The van der Waals surface area contributed by atoms with Crippen molar-refractivity contribution in [2.45, 2.75) is 32.7 Å². The molecule has 0 spiro atoms. The van der Waals surface area contributed by atoms with Gasteiger partial charge in [-0.3, -0.25) is 0 Å². The van der Waals surface area contributed by atoms with Crippen LogP contribution in [0.2, 0.25) is 0 Å². The first-order valence-electron chi connectivity index (χ1n) is 5.73. The Kier molecular flexibility index (Phi) is 5.13. The zero-order valence-corrected chi connectivity index (χ0v) is 9.69. The molecule has 0 aromatic heterocycles. The standard InChI is InChI=1S/C14H21N/c1-3-4-6-9-12(2)14(15)13-10-7-5-8-11-13/h5-12,14H,3-4,15H2,1-2H3/b9-6-/t12-,14-/m0/s1. The summed E-state index contributed by atoms with van der Waals surface area (Å²) in [5.41, 5.74) is 7.38. The minimum absolute atomic E-state index is 0.110. The number of benzene rings is 1. The average molecular weight is 203 g/mol. The molecule has 2 atom stereocenters. The molecule has 1 heteroatoms. The van der Waals surface area contributed by atoms with Crippen molar-refractivity contribution in [3.05, 3.63) is 48.0 Å². The van der Waals surface area contributed by atoms with E-state index in [4.69, 9.17) is 5.73 Å². The second-order valence-corrected chi connectivity index (χ2v) is 4.01. The highest BCUT2D eigenvalue weighted by molar-refractivity contribution is 5.20. The van der Waals surface area contributed by atoms with Crippen molar-refractivity contribution in [2.75, 3.05) is 0 Å². The lowest BCUT2D eigenvalue weighted by atomic mass is 9.95. The molecule has 0 aliphatic heterocycles. The molecule has 1 aromatic carbocycles. The van der Waals surface area contributed by atoms with E-state index in [1.165, 1.54) is 12.0 Å². The molecule has 1 rings (SSSR count). The molecule has 0 radical (unpaired) electrons. The summed E-state index contributed by atoms with van der Waals surface area (Å²) in [4.78, 5) is 0. The highest BCUT2D eigenvalue weighted by atomic mass is 14.6. The number of nitrogens with two attached hydrogens (primary N) is 1. The van der Waals surface area contributed by atoms with Gasteiger partial charge in [0.25, 0.3) is 0 Å². The molecule has 82 valence electrons. The third-order valence-corrected chi connectivity index (χ3v) is 2.65. The van der Waals surface area contributed by atoms with E-state index in [0.29, 0.717) is 5.92 Å². The third-order valence-electron chi connectivity index (χ3n) is 2.65. The fraction of sp³-hybridized carbons (Fsp3) is 0.429. The van der Waals surface area contributed by atoms with Gasteiger partial charge in [-0.2, -0.15) is 0 Å². The van der Waals surface area contributed by atoms with E-state index in [0.717, 1.165) is 6.42 Å². The van der Waals surface area contributed by atoms with Gasteiger partial charge in [-0.1, -0.05) is 62.8 Å². The molecular formula is C14H21N. The van der Waals surface area contributed by atoms with E-state index >= 15 is 0 Å². The maximum absolute atomic E-state index is 6.17. The van der Waals surface area contributed by atoms with Gasteiger partial charge >= 0.3 is 0 Å². The maximum Gasteiger partial charge on any atom is 0.0355 e. The van der Waals surface area contributed by atoms with E-state index in [9.17, 15) is 0 Å². The van der Waals surface area contributed by atoms with Crippen molar-refractivity contribution in [2.24, 2.45) is 11.7 Å². The van der Waals surface area contributed by atoms with Crippen molar-refractivity contribution < 1.29 is 0 Å². The Labute approximate surface area is 93.0 Å². The van der Waals surface area contributed by atoms with Crippen molar-refractivity contribution in [3.8, 4) is 0 Å². The molecule has 0 aliphatic rings. The third kappa shape index (κ3) is 3.88. The maximum atomic E-state index is 6.17. The molecule has 0 fully saturated rings. The summed E-state index contributed by atoms with van der Waals surface area (Å²) in [6, 6.07) is 10.4. The zero-order chi connectivity index (χ0) is 11.1. The van der Waals surface area contributed by atoms with Crippen LogP contribution in [-0.4, -0.2) is 0 Å². The molecule has 0 aliphatic carbocycles. The number of hydrogen-bond donors (Lipinski definition) is 1. The first-order chi connectivity index (χ1) is 7.25. The lowest BCUT2D eigenvalue weighted by Gasteiger charge is -2.16. The van der Waals surface area contributed by atoms with Gasteiger partial charge in [0.05, 0.1) is 0 Å². The molecule has 0 heterocycles. The van der Waals surface area contributed by atoms with Crippen LogP contribution in [0, 0.1) is 5.92 Å².